The number of hydrogen-bond acceptors (Lipinski definition) is 1. The fraction of sp³-hybridized carbons (Fsp3) is 0.500. The van der Waals surface area contributed by atoms with Gasteiger partial charge in [-0.05, 0) is 61.1 Å². The minimum atomic E-state index is -0.236. The van der Waals surface area contributed by atoms with Crippen molar-refractivity contribution in [2.75, 3.05) is 6.54 Å². The summed E-state index contributed by atoms with van der Waals surface area (Å²) in [5.74, 6) is -0.272. The van der Waals surface area contributed by atoms with Crippen LogP contribution in [0.4, 0.5) is 4.39 Å². The Labute approximate surface area is 188 Å². The van der Waals surface area contributed by atoms with Gasteiger partial charge in [0.25, 0.3) is 5.91 Å². The second-order valence-electron chi connectivity index (χ2n) is 8.59. The van der Waals surface area contributed by atoms with Crippen LogP contribution < -0.4 is 5.32 Å². The maximum absolute atomic E-state index is 13.4. The smallest absolute Gasteiger partial charge is 0.251 e. The van der Waals surface area contributed by atoms with Crippen molar-refractivity contribution in [2.24, 2.45) is 0 Å². The monoisotopic (exact) mass is 424 g/mol. The van der Waals surface area contributed by atoms with Crippen molar-refractivity contribution < 1.29 is 9.18 Å². The molecule has 1 amide bonds. The zero-order chi connectivity index (χ0) is 22.3. The number of nitrogens with one attached hydrogen (secondary N) is 1. The van der Waals surface area contributed by atoms with E-state index in [2.05, 4.69) is 19.2 Å². The van der Waals surface area contributed by atoms with Crippen LogP contribution in [-0.2, 0) is 6.42 Å². The number of hydrogen-bond donors (Lipinski definition) is 1. The lowest BCUT2D eigenvalue weighted by Gasteiger charge is -2.12. The Bertz CT molecular complexity index is 756. The summed E-state index contributed by atoms with van der Waals surface area (Å²) >= 11 is 0. The molecule has 2 nitrogen and oxygen atoms in total. The third-order valence-electron chi connectivity index (χ3n) is 5.83. The van der Waals surface area contributed by atoms with E-state index in [1.165, 1.54) is 69.9 Å². The number of unbranched alkanes of at least 4 members (excludes halogenated alkanes) is 9. The van der Waals surface area contributed by atoms with Gasteiger partial charge >= 0.3 is 0 Å². The van der Waals surface area contributed by atoms with Gasteiger partial charge in [0.2, 0.25) is 0 Å². The standard InChI is InChI=1S/C28H39FNO/c1-3-4-5-6-7-8-9-10-11-12-20-30-28(31)25-18-16-24(17-19-25)21-23(2)26-14-13-15-27(29)22-26/h13-19,22-23H,2-12,20-21H2,1H3,(H,30,31). The summed E-state index contributed by atoms with van der Waals surface area (Å²) in [6, 6.07) is 14.2. The predicted octanol–water partition coefficient (Wildman–Crippen LogP) is 7.64. The van der Waals surface area contributed by atoms with Crippen LogP contribution in [0.2, 0.25) is 0 Å². The first-order valence-corrected chi connectivity index (χ1v) is 12.1. The molecule has 1 N–H and O–H groups in total. The van der Waals surface area contributed by atoms with Gasteiger partial charge in [-0.1, -0.05) is 89.0 Å². The fourth-order valence-electron chi connectivity index (χ4n) is 3.87. The Morgan fingerprint density at radius 2 is 1.52 bits per heavy atom. The highest BCUT2D eigenvalue weighted by molar-refractivity contribution is 5.94. The molecule has 1 atom stereocenters. The highest BCUT2D eigenvalue weighted by Crippen LogP contribution is 2.21. The van der Waals surface area contributed by atoms with Crippen molar-refractivity contribution in [1.29, 1.82) is 0 Å². The van der Waals surface area contributed by atoms with Gasteiger partial charge in [0.1, 0.15) is 5.82 Å². The molecule has 3 heteroatoms. The van der Waals surface area contributed by atoms with Crippen molar-refractivity contribution in [2.45, 2.75) is 83.5 Å². The van der Waals surface area contributed by atoms with Crippen LogP contribution in [0.15, 0.2) is 48.5 Å². The molecule has 0 spiro atoms. The summed E-state index contributed by atoms with van der Waals surface area (Å²) in [7, 11) is 0. The van der Waals surface area contributed by atoms with Crippen LogP contribution in [0.1, 0.15) is 98.5 Å². The van der Waals surface area contributed by atoms with E-state index in [0.717, 1.165) is 24.1 Å². The molecule has 31 heavy (non-hydrogen) atoms. The number of benzene rings is 2. The van der Waals surface area contributed by atoms with Gasteiger partial charge < -0.3 is 5.32 Å². The van der Waals surface area contributed by atoms with Gasteiger partial charge in [0.05, 0.1) is 0 Å². The summed E-state index contributed by atoms with van der Waals surface area (Å²) in [4.78, 5) is 12.3. The molecule has 1 radical (unpaired) electrons. The van der Waals surface area contributed by atoms with Gasteiger partial charge in [-0.25, -0.2) is 4.39 Å². The van der Waals surface area contributed by atoms with E-state index < -0.39 is 0 Å². The molecule has 0 aliphatic heterocycles. The van der Waals surface area contributed by atoms with Gasteiger partial charge in [-0.3, -0.25) is 4.79 Å². The molecule has 1 unspecified atom stereocenters. The number of carbonyl (C=O) groups excluding carboxylic acids is 1. The fourth-order valence-corrected chi connectivity index (χ4v) is 3.87. The average Bonchev–Trinajstić information content (AvgIpc) is 2.78. The number of amides is 1. The largest absolute Gasteiger partial charge is 0.352 e. The van der Waals surface area contributed by atoms with Crippen molar-refractivity contribution >= 4 is 5.91 Å². The third kappa shape index (κ3) is 10.1. The maximum atomic E-state index is 13.4. The highest BCUT2D eigenvalue weighted by Gasteiger charge is 2.09. The minimum Gasteiger partial charge on any atom is -0.352 e. The Morgan fingerprint density at radius 3 is 2.13 bits per heavy atom. The third-order valence-corrected chi connectivity index (χ3v) is 5.83. The van der Waals surface area contributed by atoms with Crippen LogP contribution in [0, 0.1) is 12.7 Å². The summed E-state index contributed by atoms with van der Waals surface area (Å²) in [6.07, 6.45) is 13.6. The maximum Gasteiger partial charge on any atom is 0.251 e. The van der Waals surface area contributed by atoms with Gasteiger partial charge in [0.15, 0.2) is 0 Å². The first kappa shape index (κ1) is 25.1. The predicted molar refractivity (Wildman–Crippen MR) is 129 cm³/mol. The quantitative estimate of drug-likeness (QED) is 0.292. The topological polar surface area (TPSA) is 29.1 Å². The first-order valence-electron chi connectivity index (χ1n) is 12.1. The van der Waals surface area contributed by atoms with Gasteiger partial charge in [-0.2, -0.15) is 0 Å². The second kappa shape index (κ2) is 14.8. The van der Waals surface area contributed by atoms with Crippen LogP contribution in [0.5, 0.6) is 0 Å². The highest BCUT2D eigenvalue weighted by atomic mass is 19.1. The lowest BCUT2D eigenvalue weighted by atomic mass is 9.93. The van der Waals surface area contributed by atoms with Crippen molar-refractivity contribution in [3.8, 4) is 0 Å². The molecule has 0 aliphatic rings. The van der Waals surface area contributed by atoms with E-state index in [1.54, 1.807) is 6.07 Å². The Morgan fingerprint density at radius 1 is 0.903 bits per heavy atom. The molecule has 2 aromatic carbocycles. The molecule has 0 aromatic heterocycles. The second-order valence-corrected chi connectivity index (χ2v) is 8.59. The molecule has 2 aromatic rings. The number of rotatable bonds is 15. The molecule has 0 bridgehead atoms. The molecule has 2 rings (SSSR count). The van der Waals surface area contributed by atoms with Gasteiger partial charge in [0, 0.05) is 12.1 Å². The lowest BCUT2D eigenvalue weighted by Crippen LogP contribution is -2.24. The Balaban J connectivity index is 1.60. The molecule has 169 valence electrons. The molecular weight excluding hydrogens is 385 g/mol. The van der Waals surface area contributed by atoms with Crippen LogP contribution in [0.25, 0.3) is 0 Å². The Hall–Kier alpha value is -2.16. The van der Waals surface area contributed by atoms with E-state index in [9.17, 15) is 9.18 Å². The van der Waals surface area contributed by atoms with E-state index in [-0.39, 0.29) is 17.6 Å². The van der Waals surface area contributed by atoms with Crippen molar-refractivity contribution in [1.82, 2.24) is 5.32 Å². The minimum absolute atomic E-state index is 0.0150. The van der Waals surface area contributed by atoms with E-state index in [0.29, 0.717) is 12.0 Å². The van der Waals surface area contributed by atoms with Crippen LogP contribution in [-0.4, -0.2) is 12.5 Å². The number of halogens is 1. The molecule has 0 fully saturated rings. The van der Waals surface area contributed by atoms with Gasteiger partial charge in [-0.15, -0.1) is 0 Å². The Kier molecular flexibility index (Phi) is 12.0. The molecule has 0 saturated carbocycles. The van der Waals surface area contributed by atoms with Crippen molar-refractivity contribution in [3.63, 3.8) is 0 Å². The zero-order valence-corrected chi connectivity index (χ0v) is 19.2. The first-order chi connectivity index (χ1) is 15.1. The zero-order valence-electron chi connectivity index (χ0n) is 19.2. The van der Waals surface area contributed by atoms with Crippen LogP contribution in [0.3, 0.4) is 0 Å². The molecule has 0 aliphatic carbocycles. The summed E-state index contributed by atoms with van der Waals surface area (Å²) in [5, 5.41) is 3.02. The average molecular weight is 425 g/mol. The molecule has 0 saturated heterocycles. The van der Waals surface area contributed by atoms with Crippen molar-refractivity contribution in [3.05, 3.63) is 78.0 Å². The van der Waals surface area contributed by atoms with E-state index in [4.69, 9.17) is 0 Å². The summed E-state index contributed by atoms with van der Waals surface area (Å²) in [6.45, 7) is 7.14. The van der Waals surface area contributed by atoms with Crippen LogP contribution >= 0.6 is 0 Å². The SMILES string of the molecule is [CH2]C(Cc1ccc(C(=O)NCCCCCCCCCCCC)cc1)c1cccc(F)c1. The number of carbonyl (C=O) groups is 1. The van der Waals surface area contributed by atoms with E-state index >= 15 is 0 Å². The molecular formula is C28H39FNO. The normalized spacial score (nSPS) is 12.0. The summed E-state index contributed by atoms with van der Waals surface area (Å²) < 4.78 is 13.4. The summed E-state index contributed by atoms with van der Waals surface area (Å²) in [5.41, 5.74) is 2.66. The lowest BCUT2D eigenvalue weighted by molar-refractivity contribution is 0.0953. The molecule has 0 heterocycles. The van der Waals surface area contributed by atoms with E-state index in [1.807, 2.05) is 30.3 Å².